The molecule has 108 valence electrons. The molecular weight excluding hydrogens is 265 g/mol. The molecule has 1 N–H and O–H groups in total. The molecule has 2 rings (SSSR count). The normalized spacial score (nSPS) is 16.9. The smallest absolute Gasteiger partial charge is 0.383 e. The molecule has 0 amide bonds. The van der Waals surface area contributed by atoms with E-state index in [1.54, 1.807) is 0 Å². The second kappa shape index (κ2) is 5.01. The number of nitriles is 1. The molecule has 0 saturated heterocycles. The van der Waals surface area contributed by atoms with Crippen molar-refractivity contribution in [2.24, 2.45) is 11.3 Å². The maximum atomic E-state index is 12.6. The van der Waals surface area contributed by atoms with E-state index in [4.69, 9.17) is 5.26 Å². The van der Waals surface area contributed by atoms with Crippen LogP contribution in [-0.4, -0.2) is 6.54 Å². The first-order valence-electron chi connectivity index (χ1n) is 6.64. The van der Waals surface area contributed by atoms with Crippen molar-refractivity contribution in [2.45, 2.75) is 32.9 Å². The molecule has 1 aromatic rings. The lowest BCUT2D eigenvalue weighted by molar-refractivity contribution is -0.137. The van der Waals surface area contributed by atoms with Gasteiger partial charge in [-0.2, -0.15) is 18.4 Å². The monoisotopic (exact) mass is 282 g/mol. The highest BCUT2D eigenvalue weighted by Crippen LogP contribution is 2.51. The van der Waals surface area contributed by atoms with Crippen LogP contribution < -0.4 is 5.32 Å². The van der Waals surface area contributed by atoms with Crippen molar-refractivity contribution in [3.8, 4) is 6.07 Å². The number of anilines is 1. The largest absolute Gasteiger partial charge is 0.416 e. The molecule has 5 heteroatoms. The standard InChI is InChI=1S/C15H17F3N2/c1-10(2)14(5-6-14)9-20-13-4-3-12(15(16,17)18)7-11(13)8-19/h3-4,7,10,20H,5-6,9H2,1-2H3. The van der Waals surface area contributed by atoms with Gasteiger partial charge in [-0.1, -0.05) is 13.8 Å². The van der Waals surface area contributed by atoms with Gasteiger partial charge in [0.2, 0.25) is 0 Å². The Hall–Kier alpha value is -1.70. The van der Waals surface area contributed by atoms with Gasteiger partial charge < -0.3 is 5.32 Å². The van der Waals surface area contributed by atoms with Gasteiger partial charge >= 0.3 is 6.18 Å². The van der Waals surface area contributed by atoms with Crippen molar-refractivity contribution in [1.29, 1.82) is 5.26 Å². The number of alkyl halides is 3. The summed E-state index contributed by atoms with van der Waals surface area (Å²) in [5.41, 5.74) is -0.0356. The first-order chi connectivity index (χ1) is 9.28. The molecule has 1 aromatic carbocycles. The molecular formula is C15H17F3N2. The predicted octanol–water partition coefficient (Wildman–Crippen LogP) is 4.43. The van der Waals surface area contributed by atoms with Gasteiger partial charge in [0.1, 0.15) is 6.07 Å². The zero-order valence-corrected chi connectivity index (χ0v) is 11.5. The van der Waals surface area contributed by atoms with Crippen molar-refractivity contribution in [1.82, 2.24) is 0 Å². The van der Waals surface area contributed by atoms with Crippen molar-refractivity contribution < 1.29 is 13.2 Å². The highest BCUT2D eigenvalue weighted by Gasteiger charge is 2.45. The van der Waals surface area contributed by atoms with Crippen LogP contribution in [0.4, 0.5) is 18.9 Å². The SMILES string of the molecule is CC(C)C1(CNc2ccc(C(F)(F)F)cc2C#N)CC1. The molecule has 0 aromatic heterocycles. The van der Waals surface area contributed by atoms with E-state index in [0.717, 1.165) is 25.0 Å². The molecule has 0 spiro atoms. The lowest BCUT2D eigenvalue weighted by Crippen LogP contribution is -2.21. The lowest BCUT2D eigenvalue weighted by Gasteiger charge is -2.21. The van der Waals surface area contributed by atoms with Crippen LogP contribution in [0.3, 0.4) is 0 Å². The number of hydrogen-bond donors (Lipinski definition) is 1. The van der Waals surface area contributed by atoms with E-state index in [1.807, 2.05) is 6.07 Å². The van der Waals surface area contributed by atoms with Gasteiger partial charge in [-0.15, -0.1) is 0 Å². The van der Waals surface area contributed by atoms with Crippen molar-refractivity contribution in [2.75, 3.05) is 11.9 Å². The first-order valence-corrected chi connectivity index (χ1v) is 6.64. The van der Waals surface area contributed by atoms with E-state index < -0.39 is 11.7 Å². The van der Waals surface area contributed by atoms with E-state index in [9.17, 15) is 13.2 Å². The molecule has 0 aliphatic heterocycles. The molecule has 0 radical (unpaired) electrons. The molecule has 1 fully saturated rings. The number of hydrogen-bond acceptors (Lipinski definition) is 2. The number of rotatable bonds is 4. The Labute approximate surface area is 116 Å². The summed E-state index contributed by atoms with van der Waals surface area (Å²) in [6.07, 6.45) is -2.17. The topological polar surface area (TPSA) is 35.8 Å². The third-order valence-electron chi connectivity index (χ3n) is 4.22. The average molecular weight is 282 g/mol. The molecule has 0 atom stereocenters. The summed E-state index contributed by atoms with van der Waals surface area (Å²) in [4.78, 5) is 0. The van der Waals surface area contributed by atoms with Crippen molar-refractivity contribution in [3.05, 3.63) is 29.3 Å². The minimum atomic E-state index is -4.42. The van der Waals surface area contributed by atoms with Crippen molar-refractivity contribution in [3.63, 3.8) is 0 Å². The van der Waals surface area contributed by atoms with Crippen LogP contribution in [0.2, 0.25) is 0 Å². The average Bonchev–Trinajstić information content (AvgIpc) is 3.16. The molecule has 1 saturated carbocycles. The highest BCUT2D eigenvalue weighted by atomic mass is 19.4. The Kier molecular flexibility index (Phi) is 3.68. The number of halogens is 3. The maximum absolute atomic E-state index is 12.6. The molecule has 0 heterocycles. The third-order valence-corrected chi connectivity index (χ3v) is 4.22. The van der Waals surface area contributed by atoms with Crippen LogP contribution in [0.1, 0.15) is 37.8 Å². The number of benzene rings is 1. The maximum Gasteiger partial charge on any atom is 0.416 e. The summed E-state index contributed by atoms with van der Waals surface area (Å²) in [6, 6.07) is 5.09. The quantitative estimate of drug-likeness (QED) is 0.887. The molecule has 20 heavy (non-hydrogen) atoms. The van der Waals surface area contributed by atoms with Gasteiger partial charge in [0.25, 0.3) is 0 Å². The van der Waals surface area contributed by atoms with Gasteiger partial charge in [0, 0.05) is 6.54 Å². The van der Waals surface area contributed by atoms with Crippen molar-refractivity contribution >= 4 is 5.69 Å². The van der Waals surface area contributed by atoms with Crippen LogP contribution in [-0.2, 0) is 6.18 Å². The molecule has 1 aliphatic carbocycles. The first kappa shape index (κ1) is 14.7. The Bertz CT molecular complexity index is 537. The van der Waals surface area contributed by atoms with Gasteiger partial charge in [-0.3, -0.25) is 0 Å². The van der Waals surface area contributed by atoms with Crippen LogP contribution in [0.5, 0.6) is 0 Å². The minimum absolute atomic E-state index is 0.0411. The zero-order valence-electron chi connectivity index (χ0n) is 11.5. The van der Waals surface area contributed by atoms with Gasteiger partial charge in [0.15, 0.2) is 0 Å². The summed E-state index contributed by atoms with van der Waals surface area (Å²) in [7, 11) is 0. The Morgan fingerprint density at radius 1 is 1.35 bits per heavy atom. The van der Waals surface area contributed by atoms with E-state index in [2.05, 4.69) is 19.2 Å². The summed E-state index contributed by atoms with van der Waals surface area (Å²) in [5.74, 6) is 0.523. The van der Waals surface area contributed by atoms with E-state index in [-0.39, 0.29) is 11.0 Å². The fraction of sp³-hybridized carbons (Fsp3) is 0.533. The predicted molar refractivity (Wildman–Crippen MR) is 71.2 cm³/mol. The Balaban J connectivity index is 2.15. The highest BCUT2D eigenvalue weighted by molar-refractivity contribution is 5.59. The summed E-state index contributed by atoms with van der Waals surface area (Å²) in [6.45, 7) is 4.99. The number of nitrogens with zero attached hydrogens (tertiary/aromatic N) is 1. The van der Waals surface area contributed by atoms with Gasteiger partial charge in [-0.05, 0) is 42.4 Å². The fourth-order valence-corrected chi connectivity index (χ4v) is 2.36. The molecule has 0 unspecified atom stereocenters. The molecule has 0 bridgehead atoms. The van der Waals surface area contributed by atoms with Gasteiger partial charge in [-0.25, -0.2) is 0 Å². The van der Waals surface area contributed by atoms with Crippen LogP contribution in [0.15, 0.2) is 18.2 Å². The fourth-order valence-electron chi connectivity index (χ4n) is 2.36. The second-order valence-corrected chi connectivity index (χ2v) is 5.74. The van der Waals surface area contributed by atoms with Gasteiger partial charge in [0.05, 0.1) is 16.8 Å². The van der Waals surface area contributed by atoms with Crippen LogP contribution >= 0.6 is 0 Å². The third kappa shape index (κ3) is 2.90. The van der Waals surface area contributed by atoms with Crippen LogP contribution in [0.25, 0.3) is 0 Å². The Morgan fingerprint density at radius 2 is 2.00 bits per heavy atom. The summed E-state index contributed by atoms with van der Waals surface area (Å²) < 4.78 is 37.8. The number of nitrogens with one attached hydrogen (secondary N) is 1. The molecule has 2 nitrogen and oxygen atoms in total. The molecule has 1 aliphatic rings. The zero-order chi connectivity index (χ0) is 15.0. The summed E-state index contributed by atoms with van der Waals surface area (Å²) in [5, 5.41) is 12.1. The second-order valence-electron chi connectivity index (χ2n) is 5.74. The minimum Gasteiger partial charge on any atom is -0.383 e. The summed E-state index contributed by atoms with van der Waals surface area (Å²) >= 11 is 0. The van der Waals surface area contributed by atoms with E-state index in [0.29, 0.717) is 18.2 Å². The van der Waals surface area contributed by atoms with E-state index >= 15 is 0 Å². The Morgan fingerprint density at radius 3 is 2.45 bits per heavy atom. The lowest BCUT2D eigenvalue weighted by atomic mass is 9.92. The van der Waals surface area contributed by atoms with Crippen LogP contribution in [0, 0.1) is 22.7 Å². The van der Waals surface area contributed by atoms with E-state index in [1.165, 1.54) is 6.07 Å².